The summed E-state index contributed by atoms with van der Waals surface area (Å²) in [5.41, 5.74) is 3.32. The topological polar surface area (TPSA) is 21.3 Å². The molecule has 1 aromatic rings. The number of hydrogen-bond acceptors (Lipinski definition) is 2. The first-order valence-corrected chi connectivity index (χ1v) is 5.55. The monoisotopic (exact) mass is 227 g/mol. The van der Waals surface area contributed by atoms with Gasteiger partial charge in [0, 0.05) is 17.1 Å². The minimum Gasteiger partial charge on any atom is -0.494 e. The van der Waals surface area contributed by atoms with Gasteiger partial charge >= 0.3 is 0 Å². The number of halogens is 1. The average molecular weight is 228 g/mol. The van der Waals surface area contributed by atoms with Gasteiger partial charge < -0.3 is 10.1 Å². The predicted molar refractivity (Wildman–Crippen MR) is 64.9 cm³/mol. The first-order chi connectivity index (χ1) is 7.11. The Morgan fingerprint density at radius 2 is 2.07 bits per heavy atom. The number of rotatable bonds is 4. The molecule has 0 radical (unpaired) electrons. The molecule has 1 aromatic carbocycles. The smallest absolute Gasteiger partial charge is 0.124 e. The SMILES string of the molecule is CCOc1cc(C)c(Cl)c(C)c1CNC. The quantitative estimate of drug-likeness (QED) is 0.854. The van der Waals surface area contributed by atoms with Crippen LogP contribution < -0.4 is 10.1 Å². The van der Waals surface area contributed by atoms with Gasteiger partial charge in [-0.25, -0.2) is 0 Å². The van der Waals surface area contributed by atoms with E-state index in [0.29, 0.717) is 6.61 Å². The molecule has 0 aliphatic carbocycles. The molecule has 0 fully saturated rings. The Kier molecular flexibility index (Phi) is 4.43. The number of hydrogen-bond donors (Lipinski definition) is 1. The Balaban J connectivity index is 3.23. The Bertz CT molecular complexity index is 350. The van der Waals surface area contributed by atoms with E-state index in [1.807, 2.05) is 33.9 Å². The van der Waals surface area contributed by atoms with E-state index in [0.717, 1.165) is 34.0 Å². The van der Waals surface area contributed by atoms with E-state index in [1.54, 1.807) is 0 Å². The van der Waals surface area contributed by atoms with E-state index < -0.39 is 0 Å². The van der Waals surface area contributed by atoms with Gasteiger partial charge in [0.15, 0.2) is 0 Å². The molecule has 1 rings (SSSR count). The Hall–Kier alpha value is -0.730. The summed E-state index contributed by atoms with van der Waals surface area (Å²) >= 11 is 6.21. The zero-order chi connectivity index (χ0) is 11.4. The molecule has 15 heavy (non-hydrogen) atoms. The van der Waals surface area contributed by atoms with Gasteiger partial charge in [0.2, 0.25) is 0 Å². The van der Waals surface area contributed by atoms with Crippen LogP contribution in [0.25, 0.3) is 0 Å². The fraction of sp³-hybridized carbons (Fsp3) is 0.500. The zero-order valence-corrected chi connectivity index (χ0v) is 10.5. The van der Waals surface area contributed by atoms with Crippen LogP contribution in [0.3, 0.4) is 0 Å². The van der Waals surface area contributed by atoms with Crippen molar-refractivity contribution >= 4 is 11.6 Å². The molecular weight excluding hydrogens is 210 g/mol. The lowest BCUT2D eigenvalue weighted by atomic mass is 10.0. The summed E-state index contributed by atoms with van der Waals surface area (Å²) in [5.74, 6) is 0.936. The second kappa shape index (κ2) is 5.38. The number of nitrogens with one attached hydrogen (secondary N) is 1. The zero-order valence-electron chi connectivity index (χ0n) is 9.78. The first kappa shape index (κ1) is 12.3. The maximum Gasteiger partial charge on any atom is 0.124 e. The van der Waals surface area contributed by atoms with Gasteiger partial charge in [-0.15, -0.1) is 0 Å². The lowest BCUT2D eigenvalue weighted by Gasteiger charge is -2.15. The van der Waals surface area contributed by atoms with E-state index in [9.17, 15) is 0 Å². The number of benzene rings is 1. The summed E-state index contributed by atoms with van der Waals surface area (Å²) in [7, 11) is 1.92. The highest BCUT2D eigenvalue weighted by Crippen LogP contribution is 2.31. The van der Waals surface area contributed by atoms with Gasteiger partial charge in [-0.3, -0.25) is 0 Å². The van der Waals surface area contributed by atoms with Crippen molar-refractivity contribution in [3.05, 3.63) is 27.8 Å². The minimum absolute atomic E-state index is 0.678. The second-order valence-corrected chi connectivity index (χ2v) is 3.95. The molecule has 0 spiro atoms. The highest BCUT2D eigenvalue weighted by Gasteiger charge is 2.11. The summed E-state index contributed by atoms with van der Waals surface area (Å²) in [4.78, 5) is 0. The van der Waals surface area contributed by atoms with E-state index in [4.69, 9.17) is 16.3 Å². The van der Waals surface area contributed by atoms with Crippen LogP contribution in [0.2, 0.25) is 5.02 Å². The fourth-order valence-electron chi connectivity index (χ4n) is 1.64. The van der Waals surface area contributed by atoms with Gasteiger partial charge in [-0.1, -0.05) is 11.6 Å². The minimum atomic E-state index is 0.678. The van der Waals surface area contributed by atoms with E-state index in [2.05, 4.69) is 5.32 Å². The molecule has 0 amide bonds. The normalized spacial score (nSPS) is 10.5. The number of ether oxygens (including phenoxy) is 1. The van der Waals surface area contributed by atoms with Crippen molar-refractivity contribution in [1.82, 2.24) is 5.32 Å². The van der Waals surface area contributed by atoms with E-state index in [-0.39, 0.29) is 0 Å². The largest absolute Gasteiger partial charge is 0.494 e. The van der Waals surface area contributed by atoms with Crippen molar-refractivity contribution in [1.29, 1.82) is 0 Å². The number of aryl methyl sites for hydroxylation is 1. The summed E-state index contributed by atoms with van der Waals surface area (Å²) in [6.07, 6.45) is 0. The van der Waals surface area contributed by atoms with Crippen molar-refractivity contribution in [2.75, 3.05) is 13.7 Å². The van der Waals surface area contributed by atoms with Crippen molar-refractivity contribution in [3.8, 4) is 5.75 Å². The standard InChI is InChI=1S/C12H18ClNO/c1-5-15-11-6-8(2)12(13)9(3)10(11)7-14-4/h6,14H,5,7H2,1-4H3. The Morgan fingerprint density at radius 1 is 1.40 bits per heavy atom. The van der Waals surface area contributed by atoms with Crippen LogP contribution in [0, 0.1) is 13.8 Å². The van der Waals surface area contributed by atoms with Gasteiger partial charge in [0.1, 0.15) is 5.75 Å². The lowest BCUT2D eigenvalue weighted by Crippen LogP contribution is -2.10. The van der Waals surface area contributed by atoms with Crippen molar-refractivity contribution in [2.45, 2.75) is 27.3 Å². The molecule has 0 bridgehead atoms. The van der Waals surface area contributed by atoms with Crippen molar-refractivity contribution in [2.24, 2.45) is 0 Å². The van der Waals surface area contributed by atoms with E-state index >= 15 is 0 Å². The van der Waals surface area contributed by atoms with Crippen LogP contribution in [-0.2, 0) is 6.54 Å². The van der Waals surface area contributed by atoms with Gasteiger partial charge in [0.25, 0.3) is 0 Å². The third-order valence-corrected chi connectivity index (χ3v) is 3.01. The third kappa shape index (κ3) is 2.64. The molecule has 0 atom stereocenters. The van der Waals surface area contributed by atoms with Crippen LogP contribution in [0.4, 0.5) is 0 Å². The average Bonchev–Trinajstić information content (AvgIpc) is 2.21. The maximum absolute atomic E-state index is 6.21. The first-order valence-electron chi connectivity index (χ1n) is 5.17. The molecule has 0 aromatic heterocycles. The molecule has 84 valence electrons. The van der Waals surface area contributed by atoms with Crippen LogP contribution in [0.15, 0.2) is 6.07 Å². The Labute approximate surface area is 96.6 Å². The highest BCUT2D eigenvalue weighted by molar-refractivity contribution is 6.32. The molecule has 0 saturated heterocycles. The molecular formula is C12H18ClNO. The molecule has 0 aliphatic heterocycles. The van der Waals surface area contributed by atoms with E-state index in [1.165, 1.54) is 0 Å². The van der Waals surface area contributed by atoms with Gasteiger partial charge in [0.05, 0.1) is 6.61 Å². The highest BCUT2D eigenvalue weighted by atomic mass is 35.5. The van der Waals surface area contributed by atoms with Gasteiger partial charge in [-0.2, -0.15) is 0 Å². The van der Waals surface area contributed by atoms with Crippen LogP contribution in [0.5, 0.6) is 5.75 Å². The molecule has 0 saturated carbocycles. The molecule has 0 unspecified atom stereocenters. The molecule has 0 aliphatic rings. The predicted octanol–water partition coefficient (Wildman–Crippen LogP) is 3.07. The molecule has 0 heterocycles. The van der Waals surface area contributed by atoms with Crippen molar-refractivity contribution < 1.29 is 4.74 Å². The van der Waals surface area contributed by atoms with Crippen LogP contribution >= 0.6 is 11.6 Å². The van der Waals surface area contributed by atoms with Crippen LogP contribution in [0.1, 0.15) is 23.6 Å². The summed E-state index contributed by atoms with van der Waals surface area (Å²) in [5, 5.41) is 3.97. The van der Waals surface area contributed by atoms with Crippen LogP contribution in [-0.4, -0.2) is 13.7 Å². The molecule has 2 nitrogen and oxygen atoms in total. The third-order valence-electron chi connectivity index (χ3n) is 2.43. The Morgan fingerprint density at radius 3 is 2.60 bits per heavy atom. The lowest BCUT2D eigenvalue weighted by molar-refractivity contribution is 0.335. The second-order valence-electron chi connectivity index (χ2n) is 3.57. The summed E-state index contributed by atoms with van der Waals surface area (Å²) < 4.78 is 5.61. The van der Waals surface area contributed by atoms with Gasteiger partial charge in [-0.05, 0) is 45.0 Å². The summed E-state index contributed by atoms with van der Waals surface area (Å²) in [6.45, 7) is 7.48. The fourth-order valence-corrected chi connectivity index (χ4v) is 1.81. The molecule has 3 heteroatoms. The maximum atomic E-state index is 6.21. The molecule has 1 N–H and O–H groups in total. The van der Waals surface area contributed by atoms with Crippen molar-refractivity contribution in [3.63, 3.8) is 0 Å². The summed E-state index contributed by atoms with van der Waals surface area (Å²) in [6, 6.07) is 2.01.